The van der Waals surface area contributed by atoms with Crippen molar-refractivity contribution in [3.8, 4) is 0 Å². The quantitative estimate of drug-likeness (QED) is 0.159. The number of nitrogen functional groups attached to an aromatic ring is 1. The van der Waals surface area contributed by atoms with Crippen LogP contribution in [0, 0.1) is 0 Å². The summed E-state index contributed by atoms with van der Waals surface area (Å²) in [6.45, 7) is 0.223. The fourth-order valence-corrected chi connectivity index (χ4v) is 6.29. The number of rotatable bonds is 7. The Morgan fingerprint density at radius 2 is 2.28 bits per heavy atom. The predicted octanol–water partition coefficient (Wildman–Crippen LogP) is -1.23. The molecule has 1 fully saturated rings. The zero-order valence-electron chi connectivity index (χ0n) is 18.5. The lowest BCUT2D eigenvalue weighted by atomic mass is 10.0. The number of hydrogen-bond acceptors (Lipinski definition) is 11. The Bertz CT molecular complexity index is 1470. The smallest absolute Gasteiger partial charge is 0.307 e. The van der Waals surface area contributed by atoms with E-state index in [1.165, 1.54) is 18.9 Å². The Hall–Kier alpha value is -3.69. The van der Waals surface area contributed by atoms with Gasteiger partial charge in [0.05, 0.1) is 17.9 Å². The summed E-state index contributed by atoms with van der Waals surface area (Å²) in [5.74, 6) is -2.52. The van der Waals surface area contributed by atoms with E-state index in [1.807, 2.05) is 10.6 Å². The average molecular weight is 549 g/mol. The first-order valence-corrected chi connectivity index (χ1v) is 12.6. The molecule has 1 saturated heterocycles. The van der Waals surface area contributed by atoms with Gasteiger partial charge in [0, 0.05) is 17.4 Å². The van der Waals surface area contributed by atoms with Gasteiger partial charge in [-0.05, 0) is 6.07 Å². The van der Waals surface area contributed by atoms with Crippen molar-refractivity contribution in [2.75, 3.05) is 18.6 Å². The number of imidazole rings is 1. The lowest BCUT2D eigenvalue weighted by molar-refractivity contribution is -0.662. The van der Waals surface area contributed by atoms with Crippen LogP contribution in [0.15, 0.2) is 47.1 Å². The number of fused-ring (bicyclic) bond motifs is 2. The molecule has 5 rings (SSSR count). The van der Waals surface area contributed by atoms with E-state index in [9.17, 15) is 19.5 Å². The second-order valence-electron chi connectivity index (χ2n) is 7.65. The molecule has 3 aromatic rings. The van der Waals surface area contributed by atoms with Gasteiger partial charge in [-0.15, -0.1) is 16.3 Å². The Morgan fingerprint density at radius 1 is 1.47 bits per heavy atom. The average Bonchev–Trinajstić information content (AvgIpc) is 3.42. The number of thioether (sulfide) groups is 1. The molecule has 0 aromatic carbocycles. The van der Waals surface area contributed by atoms with E-state index in [-0.39, 0.29) is 33.1 Å². The minimum atomic E-state index is -1.47. The largest absolute Gasteiger partial charge is 0.543 e. The lowest BCUT2D eigenvalue weighted by Crippen LogP contribution is -2.71. The summed E-state index contributed by atoms with van der Waals surface area (Å²) in [5.41, 5.74) is 6.46. The van der Waals surface area contributed by atoms with E-state index in [0.29, 0.717) is 11.3 Å². The highest BCUT2D eigenvalue weighted by Crippen LogP contribution is 2.40. The minimum absolute atomic E-state index is 0.0161. The fourth-order valence-electron chi connectivity index (χ4n) is 4.03. The van der Waals surface area contributed by atoms with Crippen LogP contribution in [0.2, 0.25) is 4.34 Å². The number of β-lactam (4-membered cyclic amide) rings is 1. The van der Waals surface area contributed by atoms with Crippen molar-refractivity contribution in [3.63, 3.8) is 0 Å². The van der Waals surface area contributed by atoms with Gasteiger partial charge in [-0.25, -0.2) is 9.55 Å². The number of hydrogen-bond donors (Lipinski definition) is 2. The van der Waals surface area contributed by atoms with Crippen LogP contribution < -0.4 is 20.7 Å². The molecule has 0 aliphatic carbocycles. The summed E-state index contributed by atoms with van der Waals surface area (Å²) in [6.07, 6.45) is 5.15. The van der Waals surface area contributed by atoms with E-state index >= 15 is 0 Å². The highest BCUT2D eigenvalue weighted by molar-refractivity contribution is 8.00. The van der Waals surface area contributed by atoms with Gasteiger partial charge in [-0.2, -0.15) is 0 Å². The van der Waals surface area contributed by atoms with E-state index < -0.39 is 29.2 Å². The van der Waals surface area contributed by atoms with Crippen LogP contribution in [0.1, 0.15) is 5.69 Å². The minimum Gasteiger partial charge on any atom is -0.543 e. The zero-order chi connectivity index (χ0) is 25.6. The molecule has 3 aromatic heterocycles. The molecule has 2 amide bonds. The maximum absolute atomic E-state index is 13.0. The third-order valence-corrected chi connectivity index (χ3v) is 7.98. The number of carboxylic acid groups (broad SMARTS) is 1. The number of halogens is 1. The molecular weight excluding hydrogens is 532 g/mol. The SMILES string of the molecule is CO/N=C(\C(=O)N[C@@H]1C(=O)N2C(C(=O)[O-])=C(C[n+]3ccn4ncccc43)CS[C@H]12)c1nc(N)sc1Cl. The predicted molar refractivity (Wildman–Crippen MR) is 128 cm³/mol. The van der Waals surface area contributed by atoms with Crippen LogP contribution >= 0.6 is 34.7 Å². The molecule has 2 aliphatic heterocycles. The Kier molecular flexibility index (Phi) is 6.27. The number of carboxylic acids is 1. The number of thiazole rings is 1. The van der Waals surface area contributed by atoms with Gasteiger partial charge in [-0.3, -0.25) is 14.5 Å². The van der Waals surface area contributed by atoms with Crippen LogP contribution in [-0.2, 0) is 25.8 Å². The van der Waals surface area contributed by atoms with Gasteiger partial charge in [0.25, 0.3) is 11.8 Å². The third-order valence-electron chi connectivity index (χ3n) is 5.55. The normalized spacial score (nSPS) is 19.8. The Labute approximate surface area is 216 Å². The van der Waals surface area contributed by atoms with E-state index in [1.54, 1.807) is 29.2 Å². The maximum atomic E-state index is 13.0. The van der Waals surface area contributed by atoms with Gasteiger partial charge in [0.2, 0.25) is 0 Å². The van der Waals surface area contributed by atoms with Crippen molar-refractivity contribution in [1.82, 2.24) is 24.8 Å². The number of carbonyl (C=O) groups is 3. The number of nitrogens with two attached hydrogens (primary N) is 1. The summed E-state index contributed by atoms with van der Waals surface area (Å²) >= 11 is 8.38. The molecule has 0 spiro atoms. The van der Waals surface area contributed by atoms with Gasteiger partial charge < -0.3 is 25.8 Å². The molecule has 2 atom stereocenters. The fraction of sp³-hybridized carbons (Fsp3) is 0.250. The van der Waals surface area contributed by atoms with Crippen molar-refractivity contribution in [2.24, 2.45) is 5.16 Å². The summed E-state index contributed by atoms with van der Waals surface area (Å²) < 4.78 is 3.61. The number of oxime groups is 1. The van der Waals surface area contributed by atoms with Crippen LogP contribution in [0.4, 0.5) is 5.13 Å². The molecule has 16 heteroatoms. The number of aromatic nitrogens is 4. The van der Waals surface area contributed by atoms with Crippen LogP contribution in [0.3, 0.4) is 0 Å². The van der Waals surface area contributed by atoms with Gasteiger partial charge in [-0.1, -0.05) is 33.2 Å². The zero-order valence-corrected chi connectivity index (χ0v) is 20.8. The van der Waals surface area contributed by atoms with E-state index in [0.717, 1.165) is 21.9 Å². The third kappa shape index (κ3) is 4.04. The van der Waals surface area contributed by atoms with E-state index in [4.69, 9.17) is 22.2 Å². The van der Waals surface area contributed by atoms with Crippen molar-refractivity contribution in [1.29, 1.82) is 0 Å². The lowest BCUT2D eigenvalue weighted by Gasteiger charge is -2.50. The van der Waals surface area contributed by atoms with Crippen molar-refractivity contribution < 1.29 is 28.9 Å². The topological polar surface area (TPSA) is 171 Å². The molecule has 0 radical (unpaired) electrons. The molecule has 36 heavy (non-hydrogen) atoms. The molecule has 5 heterocycles. The first-order valence-electron chi connectivity index (χ1n) is 10.3. The molecule has 2 aliphatic rings. The second-order valence-corrected chi connectivity index (χ2v) is 10.4. The van der Waals surface area contributed by atoms with Crippen molar-refractivity contribution >= 4 is 69.0 Å². The van der Waals surface area contributed by atoms with E-state index in [2.05, 4.69) is 20.6 Å². The van der Waals surface area contributed by atoms with Crippen molar-refractivity contribution in [3.05, 3.63) is 52.0 Å². The van der Waals surface area contributed by atoms with Crippen LogP contribution in [-0.4, -0.2) is 67.3 Å². The van der Waals surface area contributed by atoms with Crippen LogP contribution in [0.5, 0.6) is 0 Å². The van der Waals surface area contributed by atoms with Gasteiger partial charge >= 0.3 is 5.65 Å². The Balaban J connectivity index is 1.38. The number of carbonyl (C=O) groups excluding carboxylic acids is 3. The molecule has 0 saturated carbocycles. The number of amides is 2. The van der Waals surface area contributed by atoms with Crippen molar-refractivity contribution in [2.45, 2.75) is 18.0 Å². The molecule has 0 unspecified atom stereocenters. The molecule has 0 bridgehead atoms. The van der Waals surface area contributed by atoms with Gasteiger partial charge in [0.15, 0.2) is 17.0 Å². The summed E-state index contributed by atoms with van der Waals surface area (Å²) in [6, 6.07) is 2.61. The van der Waals surface area contributed by atoms with Gasteiger partial charge in [0.1, 0.15) is 41.3 Å². The summed E-state index contributed by atoms with van der Waals surface area (Å²) in [7, 11) is 1.24. The number of aliphatic carboxylic acids is 1. The highest BCUT2D eigenvalue weighted by Gasteiger charge is 2.53. The summed E-state index contributed by atoms with van der Waals surface area (Å²) in [4.78, 5) is 47.9. The molecule has 186 valence electrons. The first kappa shape index (κ1) is 24.0. The molecular formula is C20H17ClN8O5S2. The number of nitrogens with zero attached hydrogens (tertiary/aromatic N) is 6. The Morgan fingerprint density at radius 3 is 2.97 bits per heavy atom. The first-order chi connectivity index (χ1) is 17.3. The highest BCUT2D eigenvalue weighted by atomic mass is 35.5. The summed E-state index contributed by atoms with van der Waals surface area (Å²) in [5, 5.41) is 22.0. The standard InChI is InChI=1S/C20H17ClN8O5S2/c1-34-26-12(11-15(21)36-20(22)25-11)16(30)24-13-17(31)29-14(19(32)33)9(8-35-18(13)29)7-27-5-6-28-10(27)3-2-4-23-28/h2-6,13,18H,7-8H2,1H3,(H3-,22,24,25,30,32,33)/b26-12-/t13-,18-/m1/s1. The molecule has 3 N–H and O–H groups in total. The maximum Gasteiger partial charge on any atom is 0.307 e. The van der Waals surface area contributed by atoms with Crippen LogP contribution in [0.25, 0.3) is 5.65 Å². The number of anilines is 1. The molecule has 13 nitrogen and oxygen atoms in total. The second kappa shape index (κ2) is 9.40. The monoisotopic (exact) mass is 548 g/mol. The number of nitrogens with one attached hydrogen (secondary N) is 1.